The monoisotopic (exact) mass is 443 g/mol. The molecule has 2 aromatic heterocycles. The standard InChI is InChI=1S/C20H15Cl2N5OS/c1-12-2-4-13(5-3-12)20-25-24-17-8-9-19(26-27(17)20)29-11-18(28)23-14-6-7-15(21)16(22)10-14/h2-10H,11H2,1H3,(H,23,28). The van der Waals surface area contributed by atoms with Crippen molar-refractivity contribution in [2.24, 2.45) is 0 Å². The quantitative estimate of drug-likeness (QED) is 0.432. The number of thioether (sulfide) groups is 1. The van der Waals surface area contributed by atoms with Crippen molar-refractivity contribution in [1.82, 2.24) is 19.8 Å². The van der Waals surface area contributed by atoms with E-state index in [-0.39, 0.29) is 11.7 Å². The largest absolute Gasteiger partial charge is 0.325 e. The Kier molecular flexibility index (Phi) is 5.71. The third-order valence-corrected chi connectivity index (χ3v) is 5.76. The fourth-order valence-electron chi connectivity index (χ4n) is 2.64. The van der Waals surface area contributed by atoms with Gasteiger partial charge in [-0.1, -0.05) is 64.8 Å². The van der Waals surface area contributed by atoms with Crippen molar-refractivity contribution in [2.75, 3.05) is 11.1 Å². The molecular weight excluding hydrogens is 429 g/mol. The second-order valence-corrected chi connectivity index (χ2v) is 8.11. The van der Waals surface area contributed by atoms with Gasteiger partial charge in [0.2, 0.25) is 5.91 Å². The molecule has 0 aliphatic rings. The number of fused-ring (bicyclic) bond motifs is 1. The Morgan fingerprint density at radius 3 is 2.59 bits per heavy atom. The summed E-state index contributed by atoms with van der Waals surface area (Å²) in [4.78, 5) is 12.2. The van der Waals surface area contributed by atoms with Gasteiger partial charge >= 0.3 is 0 Å². The molecule has 0 aliphatic carbocycles. The summed E-state index contributed by atoms with van der Waals surface area (Å²) in [5, 5.41) is 17.3. The van der Waals surface area contributed by atoms with Crippen LogP contribution in [0.4, 0.5) is 5.69 Å². The third-order valence-electron chi connectivity index (χ3n) is 4.10. The fourth-order valence-corrected chi connectivity index (χ4v) is 3.60. The van der Waals surface area contributed by atoms with E-state index in [0.29, 0.717) is 32.2 Å². The average molecular weight is 444 g/mol. The summed E-state index contributed by atoms with van der Waals surface area (Å²) in [6.45, 7) is 2.03. The maximum Gasteiger partial charge on any atom is 0.234 e. The Morgan fingerprint density at radius 1 is 1.03 bits per heavy atom. The van der Waals surface area contributed by atoms with Crippen LogP contribution in [-0.4, -0.2) is 31.5 Å². The molecule has 146 valence electrons. The molecule has 1 N–H and O–H groups in total. The number of carbonyl (C=O) groups excluding carboxylic acids is 1. The Balaban J connectivity index is 1.48. The summed E-state index contributed by atoms with van der Waals surface area (Å²) in [6.07, 6.45) is 0. The van der Waals surface area contributed by atoms with E-state index in [2.05, 4.69) is 20.6 Å². The zero-order valence-electron chi connectivity index (χ0n) is 15.3. The lowest BCUT2D eigenvalue weighted by Crippen LogP contribution is -2.14. The molecule has 6 nitrogen and oxygen atoms in total. The highest BCUT2D eigenvalue weighted by Crippen LogP contribution is 2.25. The van der Waals surface area contributed by atoms with Gasteiger partial charge < -0.3 is 5.32 Å². The van der Waals surface area contributed by atoms with E-state index in [0.717, 1.165) is 5.56 Å². The number of halogens is 2. The number of benzene rings is 2. The molecule has 0 unspecified atom stereocenters. The van der Waals surface area contributed by atoms with Gasteiger partial charge in [-0.05, 0) is 37.3 Å². The van der Waals surface area contributed by atoms with Crippen molar-refractivity contribution in [1.29, 1.82) is 0 Å². The molecule has 9 heteroatoms. The molecule has 29 heavy (non-hydrogen) atoms. The summed E-state index contributed by atoms with van der Waals surface area (Å²) in [5.41, 5.74) is 3.33. The smallest absolute Gasteiger partial charge is 0.234 e. The molecule has 0 radical (unpaired) electrons. The molecule has 0 saturated heterocycles. The van der Waals surface area contributed by atoms with Crippen LogP contribution in [0.15, 0.2) is 59.6 Å². The van der Waals surface area contributed by atoms with Crippen LogP contribution in [0.3, 0.4) is 0 Å². The van der Waals surface area contributed by atoms with E-state index in [1.807, 2.05) is 43.3 Å². The number of nitrogens with zero attached hydrogens (tertiary/aromatic N) is 4. The summed E-state index contributed by atoms with van der Waals surface area (Å²) in [5.74, 6) is 0.682. The van der Waals surface area contributed by atoms with Gasteiger partial charge in [-0.3, -0.25) is 4.79 Å². The Hall–Kier alpha value is -2.61. The molecule has 4 rings (SSSR count). The molecule has 0 bridgehead atoms. The normalized spacial score (nSPS) is 11.0. The number of rotatable bonds is 5. The van der Waals surface area contributed by atoms with Crippen molar-refractivity contribution in [3.8, 4) is 11.4 Å². The van der Waals surface area contributed by atoms with E-state index in [1.165, 1.54) is 17.3 Å². The van der Waals surface area contributed by atoms with Crippen LogP contribution in [0, 0.1) is 6.92 Å². The van der Waals surface area contributed by atoms with Gasteiger partial charge in [0.15, 0.2) is 11.5 Å². The average Bonchev–Trinajstić information content (AvgIpc) is 3.13. The van der Waals surface area contributed by atoms with E-state index in [1.54, 1.807) is 22.7 Å². The van der Waals surface area contributed by atoms with Gasteiger partial charge in [-0.15, -0.1) is 10.2 Å². The van der Waals surface area contributed by atoms with Crippen molar-refractivity contribution >= 4 is 52.2 Å². The minimum atomic E-state index is -0.169. The molecular formula is C20H15Cl2N5OS. The summed E-state index contributed by atoms with van der Waals surface area (Å²) >= 11 is 13.2. The van der Waals surface area contributed by atoms with Gasteiger partial charge in [-0.2, -0.15) is 9.61 Å². The predicted molar refractivity (Wildman–Crippen MR) is 117 cm³/mol. The summed E-state index contributed by atoms with van der Waals surface area (Å²) < 4.78 is 1.68. The highest BCUT2D eigenvalue weighted by molar-refractivity contribution is 7.99. The lowest BCUT2D eigenvalue weighted by Gasteiger charge is -2.06. The van der Waals surface area contributed by atoms with E-state index in [9.17, 15) is 4.79 Å². The zero-order chi connectivity index (χ0) is 20.4. The van der Waals surface area contributed by atoms with Crippen LogP contribution in [-0.2, 0) is 4.79 Å². The second kappa shape index (κ2) is 8.41. The summed E-state index contributed by atoms with van der Waals surface area (Å²) in [7, 11) is 0. The van der Waals surface area contributed by atoms with Crippen molar-refractivity contribution < 1.29 is 4.79 Å². The van der Waals surface area contributed by atoms with E-state index >= 15 is 0 Å². The number of nitrogens with one attached hydrogen (secondary N) is 1. The molecule has 0 fully saturated rings. The van der Waals surface area contributed by atoms with Crippen molar-refractivity contribution in [3.63, 3.8) is 0 Å². The zero-order valence-corrected chi connectivity index (χ0v) is 17.6. The first-order valence-electron chi connectivity index (χ1n) is 8.67. The lowest BCUT2D eigenvalue weighted by molar-refractivity contribution is -0.113. The SMILES string of the molecule is Cc1ccc(-c2nnc3ccc(SCC(=O)Nc4ccc(Cl)c(Cl)c4)nn23)cc1. The molecule has 0 saturated carbocycles. The first kappa shape index (κ1) is 19.7. The van der Waals surface area contributed by atoms with Gasteiger partial charge in [0.1, 0.15) is 5.03 Å². The fraction of sp³-hybridized carbons (Fsp3) is 0.100. The number of hydrogen-bond acceptors (Lipinski definition) is 5. The Bertz CT molecular complexity index is 1190. The maximum absolute atomic E-state index is 12.2. The lowest BCUT2D eigenvalue weighted by atomic mass is 10.1. The highest BCUT2D eigenvalue weighted by atomic mass is 35.5. The van der Waals surface area contributed by atoms with E-state index in [4.69, 9.17) is 23.2 Å². The first-order valence-corrected chi connectivity index (χ1v) is 10.4. The molecule has 4 aromatic rings. The molecule has 2 aromatic carbocycles. The number of aryl methyl sites for hydroxylation is 1. The minimum absolute atomic E-state index is 0.169. The van der Waals surface area contributed by atoms with Gasteiger partial charge in [-0.25, -0.2) is 0 Å². The van der Waals surface area contributed by atoms with Gasteiger partial charge in [0.05, 0.1) is 15.8 Å². The first-order chi connectivity index (χ1) is 14.0. The molecule has 0 atom stereocenters. The van der Waals surface area contributed by atoms with Crippen LogP contribution in [0.5, 0.6) is 0 Å². The Morgan fingerprint density at radius 2 is 1.83 bits per heavy atom. The highest BCUT2D eigenvalue weighted by Gasteiger charge is 2.11. The number of amides is 1. The Labute approximate surface area is 181 Å². The van der Waals surface area contributed by atoms with Crippen LogP contribution in [0.25, 0.3) is 17.0 Å². The van der Waals surface area contributed by atoms with Crippen molar-refractivity contribution in [2.45, 2.75) is 11.9 Å². The minimum Gasteiger partial charge on any atom is -0.325 e. The topological polar surface area (TPSA) is 72.2 Å². The second-order valence-electron chi connectivity index (χ2n) is 6.30. The van der Waals surface area contributed by atoms with Crippen molar-refractivity contribution in [3.05, 3.63) is 70.2 Å². The number of carbonyl (C=O) groups is 1. The third kappa shape index (κ3) is 4.53. The van der Waals surface area contributed by atoms with Crippen LogP contribution < -0.4 is 5.32 Å². The van der Waals surface area contributed by atoms with Gasteiger partial charge in [0, 0.05) is 11.3 Å². The van der Waals surface area contributed by atoms with Gasteiger partial charge in [0.25, 0.3) is 0 Å². The molecule has 1 amide bonds. The molecule has 2 heterocycles. The molecule has 0 aliphatic heterocycles. The molecule has 0 spiro atoms. The van der Waals surface area contributed by atoms with Crippen LogP contribution in [0.1, 0.15) is 5.56 Å². The predicted octanol–water partition coefficient (Wildman–Crippen LogP) is 5.14. The van der Waals surface area contributed by atoms with Crippen LogP contribution >= 0.6 is 35.0 Å². The number of anilines is 1. The number of hydrogen-bond donors (Lipinski definition) is 1. The summed E-state index contributed by atoms with van der Waals surface area (Å²) in [6, 6.07) is 16.6. The van der Waals surface area contributed by atoms with E-state index < -0.39 is 0 Å². The maximum atomic E-state index is 12.2. The van der Waals surface area contributed by atoms with Crippen LogP contribution in [0.2, 0.25) is 10.0 Å². The number of aromatic nitrogens is 4.